The Morgan fingerprint density at radius 1 is 1.38 bits per heavy atom. The number of nitrogens with one attached hydrogen (secondary N) is 1. The Morgan fingerprint density at radius 2 is 2.17 bits per heavy atom. The van der Waals surface area contributed by atoms with Gasteiger partial charge in [-0.2, -0.15) is 0 Å². The number of rotatable bonds is 6. The van der Waals surface area contributed by atoms with Crippen molar-refractivity contribution < 1.29 is 14.3 Å². The highest BCUT2D eigenvalue weighted by atomic mass is 35.5. The standard InChI is InChI=1S/C20H23Cl2FN4O2/c1-12(8-23)6-19-24-9-14-4-5-27(10-17(14)25-19)20(29)26-18(11-28)13-2-3-15(21)16(22)7-13/h2-3,7,9,12,18,28H,4-6,8,10-11H2,1H3,(H,26,29)/t12-,18-/m1/s1. The summed E-state index contributed by atoms with van der Waals surface area (Å²) in [7, 11) is 0. The topological polar surface area (TPSA) is 78.4 Å². The number of urea groups is 1. The van der Waals surface area contributed by atoms with Gasteiger partial charge in [0.05, 0.1) is 41.6 Å². The van der Waals surface area contributed by atoms with E-state index >= 15 is 0 Å². The summed E-state index contributed by atoms with van der Waals surface area (Å²) in [6.45, 7) is 1.95. The number of carbonyl (C=O) groups excluding carboxylic acids is 1. The monoisotopic (exact) mass is 440 g/mol. The third-order valence-electron chi connectivity index (χ3n) is 4.90. The minimum absolute atomic E-state index is 0.146. The second-order valence-electron chi connectivity index (χ2n) is 7.25. The van der Waals surface area contributed by atoms with Gasteiger partial charge in [0, 0.05) is 19.2 Å². The van der Waals surface area contributed by atoms with Crippen molar-refractivity contribution in [3.8, 4) is 0 Å². The summed E-state index contributed by atoms with van der Waals surface area (Å²) in [6.07, 6.45) is 2.86. The number of amides is 2. The molecule has 2 aromatic rings. The van der Waals surface area contributed by atoms with Gasteiger partial charge in [-0.3, -0.25) is 4.39 Å². The number of alkyl halides is 1. The minimum Gasteiger partial charge on any atom is -0.394 e. The molecule has 1 aliphatic rings. The fraction of sp³-hybridized carbons (Fsp3) is 0.450. The van der Waals surface area contributed by atoms with E-state index in [1.165, 1.54) is 0 Å². The number of hydrogen-bond donors (Lipinski definition) is 2. The van der Waals surface area contributed by atoms with Crippen molar-refractivity contribution in [2.45, 2.75) is 32.4 Å². The first-order valence-electron chi connectivity index (χ1n) is 9.42. The van der Waals surface area contributed by atoms with Crippen LogP contribution in [0.1, 0.15) is 35.6 Å². The number of hydrogen-bond acceptors (Lipinski definition) is 4. The number of aromatic nitrogens is 2. The van der Waals surface area contributed by atoms with Gasteiger partial charge in [-0.05, 0) is 35.6 Å². The average Bonchev–Trinajstić information content (AvgIpc) is 2.73. The van der Waals surface area contributed by atoms with Crippen LogP contribution in [0.4, 0.5) is 9.18 Å². The van der Waals surface area contributed by atoms with Gasteiger partial charge in [0.2, 0.25) is 0 Å². The molecule has 1 aromatic carbocycles. The van der Waals surface area contributed by atoms with Gasteiger partial charge in [-0.1, -0.05) is 36.2 Å². The average molecular weight is 441 g/mol. The molecule has 0 fully saturated rings. The number of halogens is 3. The largest absolute Gasteiger partial charge is 0.394 e. The molecule has 1 aromatic heterocycles. The highest BCUT2D eigenvalue weighted by Gasteiger charge is 2.25. The Hall–Kier alpha value is -1.96. The maximum Gasteiger partial charge on any atom is 0.318 e. The zero-order chi connectivity index (χ0) is 21.0. The molecule has 2 heterocycles. The van der Waals surface area contributed by atoms with Gasteiger partial charge in [0.25, 0.3) is 0 Å². The molecule has 2 atom stereocenters. The number of fused-ring (bicyclic) bond motifs is 1. The second kappa shape index (κ2) is 9.69. The molecule has 0 saturated heterocycles. The number of carbonyl (C=O) groups is 1. The van der Waals surface area contributed by atoms with Crippen molar-refractivity contribution in [3.63, 3.8) is 0 Å². The van der Waals surface area contributed by atoms with Crippen molar-refractivity contribution in [1.82, 2.24) is 20.2 Å². The molecule has 2 N–H and O–H groups in total. The van der Waals surface area contributed by atoms with Crippen molar-refractivity contribution in [3.05, 3.63) is 57.1 Å². The van der Waals surface area contributed by atoms with Gasteiger partial charge in [-0.25, -0.2) is 14.8 Å². The van der Waals surface area contributed by atoms with Crippen molar-refractivity contribution in [2.75, 3.05) is 19.8 Å². The molecule has 0 saturated carbocycles. The van der Waals surface area contributed by atoms with E-state index in [9.17, 15) is 14.3 Å². The first kappa shape index (κ1) is 21.7. The SMILES string of the molecule is C[C@@H](CF)Cc1ncc2c(n1)CN(C(=O)N[C@H](CO)c1ccc(Cl)c(Cl)c1)CC2. The van der Waals surface area contributed by atoms with Crippen molar-refractivity contribution in [2.24, 2.45) is 5.92 Å². The summed E-state index contributed by atoms with van der Waals surface area (Å²) >= 11 is 12.0. The van der Waals surface area contributed by atoms with Gasteiger partial charge >= 0.3 is 6.03 Å². The Balaban J connectivity index is 1.69. The molecule has 0 radical (unpaired) electrons. The Labute approximate surface area is 179 Å². The first-order chi connectivity index (χ1) is 13.9. The third kappa shape index (κ3) is 5.35. The minimum atomic E-state index is -0.606. The van der Waals surface area contributed by atoms with E-state index in [1.54, 1.807) is 36.2 Å². The molecule has 0 unspecified atom stereocenters. The maximum absolute atomic E-state index is 12.8. The molecule has 1 aliphatic heterocycles. The molecule has 156 valence electrons. The molecule has 29 heavy (non-hydrogen) atoms. The highest BCUT2D eigenvalue weighted by Crippen LogP contribution is 2.26. The Morgan fingerprint density at radius 3 is 2.86 bits per heavy atom. The molecule has 0 spiro atoms. The zero-order valence-corrected chi connectivity index (χ0v) is 17.5. The van der Waals surface area contributed by atoms with E-state index in [1.807, 2.05) is 0 Å². The van der Waals surface area contributed by atoms with Crippen LogP contribution >= 0.6 is 23.2 Å². The second-order valence-corrected chi connectivity index (χ2v) is 8.07. The fourth-order valence-corrected chi connectivity index (χ4v) is 3.49. The maximum atomic E-state index is 12.8. The lowest BCUT2D eigenvalue weighted by Gasteiger charge is -2.30. The van der Waals surface area contributed by atoms with Crippen molar-refractivity contribution in [1.29, 1.82) is 0 Å². The number of nitrogens with zero attached hydrogens (tertiary/aromatic N) is 3. The van der Waals surface area contributed by atoms with E-state index < -0.39 is 12.7 Å². The number of aliphatic hydroxyl groups excluding tert-OH is 1. The predicted octanol–water partition coefficient (Wildman–Crippen LogP) is 3.73. The Kier molecular flexibility index (Phi) is 7.27. The predicted molar refractivity (Wildman–Crippen MR) is 110 cm³/mol. The molecule has 9 heteroatoms. The molecule has 2 amide bonds. The van der Waals surface area contributed by atoms with Crippen LogP contribution in [0.2, 0.25) is 10.0 Å². The van der Waals surface area contributed by atoms with Gasteiger partial charge in [0.15, 0.2) is 0 Å². The highest BCUT2D eigenvalue weighted by molar-refractivity contribution is 6.42. The quantitative estimate of drug-likeness (QED) is 0.716. The lowest BCUT2D eigenvalue weighted by atomic mass is 10.1. The van der Waals surface area contributed by atoms with Gasteiger partial charge < -0.3 is 15.3 Å². The number of aliphatic hydroxyl groups is 1. The van der Waals surface area contributed by atoms with Crippen LogP contribution in [0.15, 0.2) is 24.4 Å². The molecule has 6 nitrogen and oxygen atoms in total. The summed E-state index contributed by atoms with van der Waals surface area (Å²) in [5, 5.41) is 13.3. The van der Waals surface area contributed by atoms with E-state index in [4.69, 9.17) is 23.2 Å². The van der Waals surface area contributed by atoms with Crippen LogP contribution in [0.5, 0.6) is 0 Å². The summed E-state index contributed by atoms with van der Waals surface area (Å²) in [5.41, 5.74) is 2.43. The molecule has 0 aliphatic carbocycles. The fourth-order valence-electron chi connectivity index (χ4n) is 3.19. The van der Waals surface area contributed by atoms with E-state index in [0.29, 0.717) is 47.4 Å². The third-order valence-corrected chi connectivity index (χ3v) is 5.64. The summed E-state index contributed by atoms with van der Waals surface area (Å²) in [5.74, 6) is 0.438. The number of benzene rings is 1. The van der Waals surface area contributed by atoms with Gasteiger partial charge in [-0.15, -0.1) is 0 Å². The van der Waals surface area contributed by atoms with Crippen LogP contribution in [-0.2, 0) is 19.4 Å². The smallest absolute Gasteiger partial charge is 0.318 e. The van der Waals surface area contributed by atoms with E-state index in [0.717, 1.165) is 11.3 Å². The lowest BCUT2D eigenvalue weighted by molar-refractivity contribution is 0.176. The summed E-state index contributed by atoms with van der Waals surface area (Å²) in [4.78, 5) is 23.2. The summed E-state index contributed by atoms with van der Waals surface area (Å²) < 4.78 is 12.8. The first-order valence-corrected chi connectivity index (χ1v) is 10.2. The normalized spacial score (nSPS) is 15.6. The van der Waals surface area contributed by atoms with Crippen LogP contribution < -0.4 is 5.32 Å². The molecule has 3 rings (SSSR count). The zero-order valence-electron chi connectivity index (χ0n) is 16.0. The van der Waals surface area contributed by atoms with Crippen LogP contribution in [-0.4, -0.2) is 45.8 Å². The Bertz CT molecular complexity index is 884. The van der Waals surface area contributed by atoms with Crippen LogP contribution in [0.25, 0.3) is 0 Å². The van der Waals surface area contributed by atoms with E-state index in [2.05, 4.69) is 15.3 Å². The van der Waals surface area contributed by atoms with Crippen molar-refractivity contribution >= 4 is 29.2 Å². The van der Waals surface area contributed by atoms with Crippen LogP contribution in [0.3, 0.4) is 0 Å². The molecular formula is C20H23Cl2FN4O2. The van der Waals surface area contributed by atoms with Crippen LogP contribution in [0, 0.1) is 5.92 Å². The molecule has 0 bridgehead atoms. The summed E-state index contributed by atoms with van der Waals surface area (Å²) in [6, 6.07) is 4.06. The van der Waals surface area contributed by atoms with Gasteiger partial charge in [0.1, 0.15) is 5.82 Å². The molecular weight excluding hydrogens is 418 g/mol. The lowest BCUT2D eigenvalue weighted by Crippen LogP contribution is -2.45. The van der Waals surface area contributed by atoms with E-state index in [-0.39, 0.29) is 18.6 Å².